The molecule has 2 heterocycles. The summed E-state index contributed by atoms with van der Waals surface area (Å²) in [6, 6.07) is 18.2. The number of anilines is 1. The molecule has 168 valence electrons. The fourth-order valence-corrected chi connectivity index (χ4v) is 3.99. The molecule has 1 fully saturated rings. The smallest absolute Gasteiger partial charge is 0.224 e. The first kappa shape index (κ1) is 23.8. The van der Waals surface area contributed by atoms with Gasteiger partial charge in [0, 0.05) is 23.1 Å². The number of hydrogen-bond donors (Lipinski definition) is 1. The van der Waals surface area contributed by atoms with E-state index in [9.17, 15) is 4.79 Å². The summed E-state index contributed by atoms with van der Waals surface area (Å²) < 4.78 is 7.90. The summed E-state index contributed by atoms with van der Waals surface area (Å²) in [5, 5.41) is 18.1. The number of carbonyl (C=O) groups is 1. The van der Waals surface area contributed by atoms with E-state index in [-0.39, 0.29) is 35.9 Å². The number of rotatable bonds is 4. The number of nitrogens with zero attached hydrogens (tertiary/aromatic N) is 3. The Morgan fingerprint density at radius 1 is 1.22 bits per heavy atom. The number of hydrogen-bond acceptors (Lipinski definition) is 4. The largest absolute Gasteiger partial charge is 0.355 e. The first-order valence-electron chi connectivity index (χ1n) is 10.7. The van der Waals surface area contributed by atoms with E-state index in [1.54, 1.807) is 0 Å². The SMILES string of the molecule is CC(C)(C)CC(=O)Nc1cccc(-c2nn(C3CCC(C#N)CO3)c3ccccc23)c1.Cl. The lowest BCUT2D eigenvalue weighted by Crippen LogP contribution is -2.24. The number of nitrogens with one attached hydrogen (secondary N) is 1. The number of carbonyl (C=O) groups excluding carboxylic acids is 1. The maximum atomic E-state index is 12.4. The molecule has 4 rings (SSSR count). The molecule has 6 nitrogen and oxygen atoms in total. The van der Waals surface area contributed by atoms with Gasteiger partial charge < -0.3 is 10.1 Å². The Bertz CT molecular complexity index is 1130. The molecule has 7 heteroatoms. The van der Waals surface area contributed by atoms with E-state index in [2.05, 4.69) is 17.5 Å². The van der Waals surface area contributed by atoms with Gasteiger partial charge in [0.15, 0.2) is 6.23 Å². The fourth-order valence-electron chi connectivity index (χ4n) is 3.99. The van der Waals surface area contributed by atoms with Crippen molar-refractivity contribution in [3.8, 4) is 17.3 Å². The lowest BCUT2D eigenvalue weighted by Gasteiger charge is -2.26. The van der Waals surface area contributed by atoms with Crippen molar-refractivity contribution in [2.45, 2.75) is 46.3 Å². The molecule has 1 aliphatic rings. The molecule has 3 aromatic rings. The van der Waals surface area contributed by atoms with Crippen LogP contribution in [0.25, 0.3) is 22.2 Å². The number of aromatic nitrogens is 2. The Hall–Kier alpha value is -2.88. The zero-order valence-electron chi connectivity index (χ0n) is 18.7. The maximum Gasteiger partial charge on any atom is 0.224 e. The van der Waals surface area contributed by atoms with Crippen LogP contribution in [0.4, 0.5) is 5.69 Å². The predicted octanol–water partition coefficient (Wildman–Crippen LogP) is 5.95. The van der Waals surface area contributed by atoms with E-state index in [0.717, 1.165) is 40.7 Å². The van der Waals surface area contributed by atoms with E-state index in [1.165, 1.54) is 0 Å². The molecule has 0 saturated carbocycles. The highest BCUT2D eigenvalue weighted by molar-refractivity contribution is 5.95. The lowest BCUT2D eigenvalue weighted by molar-refractivity contribution is -0.117. The topological polar surface area (TPSA) is 79.9 Å². The van der Waals surface area contributed by atoms with Gasteiger partial charge in [-0.2, -0.15) is 10.4 Å². The Kier molecular flexibility index (Phi) is 7.22. The molecule has 0 aliphatic carbocycles. The van der Waals surface area contributed by atoms with Crippen molar-refractivity contribution in [1.82, 2.24) is 9.78 Å². The average Bonchev–Trinajstić information content (AvgIpc) is 3.12. The number of para-hydroxylation sites is 1. The summed E-state index contributed by atoms with van der Waals surface area (Å²) in [7, 11) is 0. The monoisotopic (exact) mass is 452 g/mol. The van der Waals surface area contributed by atoms with Crippen molar-refractivity contribution in [1.29, 1.82) is 5.26 Å². The van der Waals surface area contributed by atoms with E-state index in [1.807, 2.05) is 67.9 Å². The normalized spacial score (nSPS) is 18.6. The van der Waals surface area contributed by atoms with Crippen LogP contribution in [0.2, 0.25) is 0 Å². The highest BCUT2D eigenvalue weighted by atomic mass is 35.5. The molecule has 1 saturated heterocycles. The molecule has 2 unspecified atom stereocenters. The first-order valence-corrected chi connectivity index (χ1v) is 10.7. The predicted molar refractivity (Wildman–Crippen MR) is 128 cm³/mol. The minimum atomic E-state index is -0.182. The van der Waals surface area contributed by atoms with Crippen molar-refractivity contribution < 1.29 is 9.53 Å². The van der Waals surface area contributed by atoms with Crippen molar-refractivity contribution in [3.05, 3.63) is 48.5 Å². The molecule has 1 amide bonds. The minimum Gasteiger partial charge on any atom is -0.355 e. The molecule has 1 aliphatic heterocycles. The molecular weight excluding hydrogens is 424 g/mol. The van der Waals surface area contributed by atoms with E-state index in [4.69, 9.17) is 15.1 Å². The first-order chi connectivity index (χ1) is 14.8. The van der Waals surface area contributed by atoms with E-state index >= 15 is 0 Å². The van der Waals surface area contributed by atoms with Crippen LogP contribution in [-0.2, 0) is 9.53 Å². The fraction of sp³-hybridized carbons (Fsp3) is 0.400. The molecule has 0 radical (unpaired) electrons. The summed E-state index contributed by atoms with van der Waals surface area (Å²) in [4.78, 5) is 12.4. The van der Waals surface area contributed by atoms with Crippen LogP contribution in [-0.4, -0.2) is 22.3 Å². The minimum absolute atomic E-state index is 0. The van der Waals surface area contributed by atoms with E-state index in [0.29, 0.717) is 13.0 Å². The van der Waals surface area contributed by atoms with Crippen LogP contribution in [0.3, 0.4) is 0 Å². The molecule has 1 aromatic heterocycles. The van der Waals surface area contributed by atoms with Gasteiger partial charge >= 0.3 is 0 Å². The summed E-state index contributed by atoms with van der Waals surface area (Å²) in [6.07, 6.45) is 1.84. The number of nitriles is 1. The third-order valence-corrected chi connectivity index (χ3v) is 5.43. The van der Waals surface area contributed by atoms with Crippen LogP contribution in [0.15, 0.2) is 48.5 Å². The van der Waals surface area contributed by atoms with Gasteiger partial charge in [-0.05, 0) is 36.5 Å². The van der Waals surface area contributed by atoms with Gasteiger partial charge in [-0.3, -0.25) is 4.79 Å². The Morgan fingerprint density at radius 3 is 2.69 bits per heavy atom. The van der Waals surface area contributed by atoms with Crippen molar-refractivity contribution in [3.63, 3.8) is 0 Å². The number of halogens is 1. The molecule has 32 heavy (non-hydrogen) atoms. The van der Waals surface area contributed by atoms with Crippen LogP contribution in [0.1, 0.15) is 46.3 Å². The van der Waals surface area contributed by atoms with Crippen molar-refractivity contribution in [2.75, 3.05) is 11.9 Å². The highest BCUT2D eigenvalue weighted by Gasteiger charge is 2.26. The second-order valence-corrected chi connectivity index (χ2v) is 9.37. The number of fused-ring (bicyclic) bond motifs is 1. The number of ether oxygens (including phenoxy) is 1. The Morgan fingerprint density at radius 2 is 2.00 bits per heavy atom. The summed E-state index contributed by atoms with van der Waals surface area (Å²) in [5.74, 6) is -0.0476. The second-order valence-electron chi connectivity index (χ2n) is 9.37. The van der Waals surface area contributed by atoms with Gasteiger partial charge in [0.2, 0.25) is 5.91 Å². The molecule has 2 atom stereocenters. The molecule has 1 N–H and O–H groups in total. The van der Waals surface area contributed by atoms with Gasteiger partial charge in [-0.1, -0.05) is 51.1 Å². The molecular formula is C25H29ClN4O2. The zero-order chi connectivity index (χ0) is 22.0. The highest BCUT2D eigenvalue weighted by Crippen LogP contribution is 2.34. The van der Waals surface area contributed by atoms with Gasteiger partial charge in [0.1, 0.15) is 5.69 Å². The third-order valence-electron chi connectivity index (χ3n) is 5.43. The molecule has 2 aromatic carbocycles. The van der Waals surface area contributed by atoms with E-state index < -0.39 is 0 Å². The molecule has 0 bridgehead atoms. The summed E-state index contributed by atoms with van der Waals surface area (Å²) in [5.41, 5.74) is 3.49. The third kappa shape index (κ3) is 5.29. The van der Waals surface area contributed by atoms with Crippen molar-refractivity contribution >= 4 is 34.9 Å². The summed E-state index contributed by atoms with van der Waals surface area (Å²) >= 11 is 0. The van der Waals surface area contributed by atoms with Gasteiger partial charge in [0.25, 0.3) is 0 Å². The molecule has 0 spiro atoms. The average molecular weight is 453 g/mol. The zero-order valence-corrected chi connectivity index (χ0v) is 19.5. The van der Waals surface area contributed by atoms with Crippen LogP contribution >= 0.6 is 12.4 Å². The van der Waals surface area contributed by atoms with Crippen LogP contribution < -0.4 is 5.32 Å². The second kappa shape index (κ2) is 9.72. The van der Waals surface area contributed by atoms with Crippen molar-refractivity contribution in [2.24, 2.45) is 11.3 Å². The standard InChI is InChI=1S/C25H28N4O2.ClH/c1-25(2,3)14-22(30)27-19-8-6-7-18(13-19)24-20-9-4-5-10-21(20)29(28-24)23-12-11-17(15-26)16-31-23;/h4-10,13,17,23H,11-12,14,16H2,1-3H3,(H,27,30);1H. The van der Waals surface area contributed by atoms with Gasteiger partial charge in [-0.25, -0.2) is 4.68 Å². The van der Waals surface area contributed by atoms with Gasteiger partial charge in [0.05, 0.1) is 24.1 Å². The number of benzene rings is 2. The maximum absolute atomic E-state index is 12.4. The van der Waals surface area contributed by atoms with Crippen LogP contribution in [0, 0.1) is 22.7 Å². The Labute approximate surface area is 195 Å². The summed E-state index contributed by atoms with van der Waals surface area (Å²) in [6.45, 7) is 6.58. The number of amides is 1. The van der Waals surface area contributed by atoms with Gasteiger partial charge in [-0.15, -0.1) is 12.4 Å². The lowest BCUT2D eigenvalue weighted by atomic mass is 9.92. The van der Waals surface area contributed by atoms with Crippen LogP contribution in [0.5, 0.6) is 0 Å². The quantitative estimate of drug-likeness (QED) is 0.530. The Balaban J connectivity index is 0.00000289.